The van der Waals surface area contributed by atoms with E-state index in [1.807, 2.05) is 78.2 Å². The first-order valence-electron chi connectivity index (χ1n) is 11.4. The lowest BCUT2D eigenvalue weighted by Crippen LogP contribution is -2.15. The van der Waals surface area contributed by atoms with E-state index in [0.29, 0.717) is 23.2 Å². The van der Waals surface area contributed by atoms with Crippen LogP contribution in [0, 0.1) is 0 Å². The van der Waals surface area contributed by atoms with Crippen molar-refractivity contribution in [2.24, 2.45) is 0 Å². The molecular weight excluding hydrogens is 460 g/mol. The predicted octanol–water partition coefficient (Wildman–Crippen LogP) is 5.19. The lowest BCUT2D eigenvalue weighted by atomic mass is 10.1. The molecule has 1 amide bonds. The van der Waals surface area contributed by atoms with Gasteiger partial charge in [0.15, 0.2) is 5.16 Å². The molecule has 0 aliphatic heterocycles. The van der Waals surface area contributed by atoms with Gasteiger partial charge in [-0.2, -0.15) is 0 Å². The SMILES string of the molecule is CCOc1ccc(-n2c(CCc3ccccc3)nnc2SCC(=O)Nc2ccccc2OC)cc1. The summed E-state index contributed by atoms with van der Waals surface area (Å²) in [7, 11) is 1.58. The Hall–Kier alpha value is -3.78. The van der Waals surface area contributed by atoms with Crippen LogP contribution in [0.1, 0.15) is 18.3 Å². The number of nitrogens with zero attached hydrogens (tertiary/aromatic N) is 3. The molecule has 0 atom stereocenters. The number of aromatic nitrogens is 3. The van der Waals surface area contributed by atoms with Gasteiger partial charge >= 0.3 is 0 Å². The molecule has 0 fully saturated rings. The quantitative estimate of drug-likeness (QED) is 0.293. The zero-order valence-electron chi connectivity index (χ0n) is 19.8. The molecule has 3 aromatic carbocycles. The van der Waals surface area contributed by atoms with E-state index in [2.05, 4.69) is 27.6 Å². The van der Waals surface area contributed by atoms with Gasteiger partial charge in [0.05, 0.1) is 25.2 Å². The minimum Gasteiger partial charge on any atom is -0.495 e. The number of carbonyl (C=O) groups is 1. The number of para-hydroxylation sites is 2. The number of hydrogen-bond donors (Lipinski definition) is 1. The van der Waals surface area contributed by atoms with E-state index in [9.17, 15) is 4.79 Å². The molecule has 0 saturated heterocycles. The van der Waals surface area contributed by atoms with Crippen LogP contribution in [0.15, 0.2) is 84.0 Å². The largest absolute Gasteiger partial charge is 0.495 e. The van der Waals surface area contributed by atoms with E-state index in [0.717, 1.165) is 30.1 Å². The van der Waals surface area contributed by atoms with Crippen molar-refractivity contribution in [3.8, 4) is 17.2 Å². The minimum atomic E-state index is -0.147. The van der Waals surface area contributed by atoms with E-state index in [-0.39, 0.29) is 11.7 Å². The molecule has 35 heavy (non-hydrogen) atoms. The van der Waals surface area contributed by atoms with E-state index >= 15 is 0 Å². The number of aryl methyl sites for hydroxylation is 2. The highest BCUT2D eigenvalue weighted by atomic mass is 32.2. The van der Waals surface area contributed by atoms with Gasteiger partial charge in [0.2, 0.25) is 5.91 Å². The Balaban J connectivity index is 1.52. The molecule has 0 unspecified atom stereocenters. The fourth-order valence-corrected chi connectivity index (χ4v) is 4.41. The van der Waals surface area contributed by atoms with Gasteiger partial charge in [-0.1, -0.05) is 54.2 Å². The van der Waals surface area contributed by atoms with Crippen molar-refractivity contribution in [1.82, 2.24) is 14.8 Å². The summed E-state index contributed by atoms with van der Waals surface area (Å²) >= 11 is 1.34. The van der Waals surface area contributed by atoms with Gasteiger partial charge in [0.25, 0.3) is 0 Å². The van der Waals surface area contributed by atoms with Crippen LogP contribution in [0.5, 0.6) is 11.5 Å². The van der Waals surface area contributed by atoms with Crippen LogP contribution in [0.2, 0.25) is 0 Å². The predicted molar refractivity (Wildman–Crippen MR) is 139 cm³/mol. The normalized spacial score (nSPS) is 10.7. The zero-order chi connectivity index (χ0) is 24.5. The summed E-state index contributed by atoms with van der Waals surface area (Å²) in [6.45, 7) is 2.57. The van der Waals surface area contributed by atoms with Gasteiger partial charge in [-0.15, -0.1) is 10.2 Å². The fraction of sp³-hybridized carbons (Fsp3) is 0.222. The van der Waals surface area contributed by atoms with Crippen LogP contribution in [0.3, 0.4) is 0 Å². The second-order valence-electron chi connectivity index (χ2n) is 7.68. The van der Waals surface area contributed by atoms with Crippen LogP contribution in [-0.2, 0) is 17.6 Å². The topological polar surface area (TPSA) is 78.3 Å². The molecule has 4 rings (SSSR count). The van der Waals surface area contributed by atoms with Crippen LogP contribution in [-0.4, -0.2) is 40.1 Å². The second-order valence-corrected chi connectivity index (χ2v) is 8.63. The van der Waals surface area contributed by atoms with Crippen molar-refractivity contribution in [1.29, 1.82) is 0 Å². The lowest BCUT2D eigenvalue weighted by Gasteiger charge is -2.12. The first-order valence-corrected chi connectivity index (χ1v) is 12.4. The number of carbonyl (C=O) groups excluding carboxylic acids is 1. The van der Waals surface area contributed by atoms with E-state index in [4.69, 9.17) is 9.47 Å². The number of anilines is 1. The van der Waals surface area contributed by atoms with Crippen LogP contribution < -0.4 is 14.8 Å². The van der Waals surface area contributed by atoms with Crippen molar-refractivity contribution in [2.75, 3.05) is 24.8 Å². The first-order chi connectivity index (χ1) is 17.2. The van der Waals surface area contributed by atoms with Crippen molar-refractivity contribution in [3.05, 3.63) is 90.3 Å². The van der Waals surface area contributed by atoms with E-state index < -0.39 is 0 Å². The number of hydrogen-bond acceptors (Lipinski definition) is 6. The van der Waals surface area contributed by atoms with Crippen LogP contribution in [0.25, 0.3) is 5.69 Å². The lowest BCUT2D eigenvalue weighted by molar-refractivity contribution is -0.113. The summed E-state index contributed by atoms with van der Waals surface area (Å²) in [4.78, 5) is 12.7. The number of nitrogens with one attached hydrogen (secondary N) is 1. The standard InChI is InChI=1S/C27H28N4O3S/c1-3-34-22-16-14-21(15-17-22)31-25(18-13-20-9-5-4-6-10-20)29-30-27(31)35-19-26(32)28-23-11-7-8-12-24(23)33-2/h4-12,14-17H,3,13,18-19H2,1-2H3,(H,28,32). The van der Waals surface area contributed by atoms with Gasteiger partial charge < -0.3 is 14.8 Å². The Morgan fingerprint density at radius 3 is 2.43 bits per heavy atom. The smallest absolute Gasteiger partial charge is 0.234 e. The summed E-state index contributed by atoms with van der Waals surface area (Å²) in [6.07, 6.45) is 1.56. The summed E-state index contributed by atoms with van der Waals surface area (Å²) in [5, 5.41) is 12.4. The third-order valence-electron chi connectivity index (χ3n) is 5.30. The summed E-state index contributed by atoms with van der Waals surface area (Å²) < 4.78 is 12.9. The molecule has 1 N–H and O–H groups in total. The highest BCUT2D eigenvalue weighted by Crippen LogP contribution is 2.26. The van der Waals surface area contributed by atoms with Gasteiger partial charge in [0.1, 0.15) is 17.3 Å². The number of methoxy groups -OCH3 is 1. The van der Waals surface area contributed by atoms with Crippen molar-refractivity contribution in [3.63, 3.8) is 0 Å². The molecule has 1 aromatic heterocycles. The van der Waals surface area contributed by atoms with Gasteiger partial charge in [-0.05, 0) is 55.3 Å². The Labute approximate surface area is 209 Å². The molecule has 4 aromatic rings. The van der Waals surface area contributed by atoms with Gasteiger partial charge in [-0.25, -0.2) is 0 Å². The Kier molecular flexibility index (Phi) is 8.40. The first kappa shape index (κ1) is 24.3. The maximum Gasteiger partial charge on any atom is 0.234 e. The fourth-order valence-electron chi connectivity index (χ4n) is 3.64. The maximum absolute atomic E-state index is 12.7. The average Bonchev–Trinajstić information content (AvgIpc) is 3.30. The van der Waals surface area contributed by atoms with Crippen LogP contribution >= 0.6 is 11.8 Å². The van der Waals surface area contributed by atoms with Crippen molar-refractivity contribution >= 4 is 23.4 Å². The Morgan fingerprint density at radius 1 is 0.943 bits per heavy atom. The van der Waals surface area contributed by atoms with Crippen LogP contribution in [0.4, 0.5) is 5.69 Å². The summed E-state index contributed by atoms with van der Waals surface area (Å²) in [5.74, 6) is 2.30. The molecule has 7 nitrogen and oxygen atoms in total. The molecule has 8 heteroatoms. The molecule has 0 radical (unpaired) electrons. The monoisotopic (exact) mass is 488 g/mol. The minimum absolute atomic E-state index is 0.147. The molecule has 1 heterocycles. The molecule has 0 aliphatic carbocycles. The second kappa shape index (κ2) is 12.1. The third kappa shape index (κ3) is 6.42. The molecule has 0 saturated carbocycles. The van der Waals surface area contributed by atoms with Gasteiger partial charge in [-0.3, -0.25) is 9.36 Å². The van der Waals surface area contributed by atoms with E-state index in [1.54, 1.807) is 7.11 Å². The maximum atomic E-state index is 12.7. The highest BCUT2D eigenvalue weighted by Gasteiger charge is 2.17. The Bertz CT molecular complexity index is 1240. The average molecular weight is 489 g/mol. The van der Waals surface area contributed by atoms with Crippen molar-refractivity contribution < 1.29 is 14.3 Å². The van der Waals surface area contributed by atoms with Gasteiger partial charge in [0, 0.05) is 12.1 Å². The molecule has 0 bridgehead atoms. The van der Waals surface area contributed by atoms with E-state index in [1.165, 1.54) is 17.3 Å². The summed E-state index contributed by atoms with van der Waals surface area (Å²) in [6, 6.07) is 25.5. The molecule has 180 valence electrons. The number of amides is 1. The summed E-state index contributed by atoms with van der Waals surface area (Å²) in [5.41, 5.74) is 2.80. The zero-order valence-corrected chi connectivity index (χ0v) is 20.6. The third-order valence-corrected chi connectivity index (χ3v) is 6.23. The van der Waals surface area contributed by atoms with Crippen molar-refractivity contribution in [2.45, 2.75) is 24.9 Å². The Morgan fingerprint density at radius 2 is 1.69 bits per heavy atom. The molecule has 0 spiro atoms. The number of ether oxygens (including phenoxy) is 2. The number of benzene rings is 3. The molecular formula is C27H28N4O3S. The molecule has 0 aliphatic rings. The number of thioether (sulfide) groups is 1. The highest BCUT2D eigenvalue weighted by molar-refractivity contribution is 7.99. The number of rotatable bonds is 11.